The third-order valence-electron chi connectivity index (χ3n) is 6.10. The predicted molar refractivity (Wildman–Crippen MR) is 153 cm³/mol. The number of carbonyl (C=O) groups excluding carboxylic acids is 2. The number of hydrogen-bond acceptors (Lipinski definition) is 5. The number of carbonyl (C=O) groups is 2. The Balaban J connectivity index is 2.06. The lowest BCUT2D eigenvalue weighted by Gasteiger charge is -2.32. The molecule has 1 N–H and O–H groups in total. The van der Waals surface area contributed by atoms with E-state index in [-0.39, 0.29) is 35.4 Å². The second-order valence-corrected chi connectivity index (χ2v) is 11.3. The van der Waals surface area contributed by atoms with Gasteiger partial charge in [-0.2, -0.15) is 0 Å². The molecule has 0 aliphatic carbocycles. The van der Waals surface area contributed by atoms with Gasteiger partial charge in [0.2, 0.25) is 11.8 Å². The van der Waals surface area contributed by atoms with E-state index in [2.05, 4.69) is 5.32 Å². The van der Waals surface area contributed by atoms with Crippen molar-refractivity contribution in [1.82, 2.24) is 10.2 Å². The van der Waals surface area contributed by atoms with E-state index < -0.39 is 34.3 Å². The van der Waals surface area contributed by atoms with Gasteiger partial charge in [0.05, 0.1) is 17.2 Å². The van der Waals surface area contributed by atoms with E-state index in [4.69, 9.17) is 16.3 Å². The number of para-hydroxylation sites is 2. The molecule has 8 nitrogen and oxygen atoms in total. The van der Waals surface area contributed by atoms with E-state index in [9.17, 15) is 22.4 Å². The maximum absolute atomic E-state index is 13.9. The molecule has 0 saturated heterocycles. The number of nitrogens with one attached hydrogen (secondary N) is 1. The summed E-state index contributed by atoms with van der Waals surface area (Å²) in [5.74, 6) is -1.19. The lowest BCUT2D eigenvalue weighted by molar-refractivity contribution is -0.139. The number of hydrogen-bond donors (Lipinski definition) is 1. The van der Waals surface area contributed by atoms with Crippen molar-refractivity contribution < 1.29 is 27.1 Å². The maximum atomic E-state index is 13.9. The van der Waals surface area contributed by atoms with Crippen LogP contribution in [0.4, 0.5) is 10.1 Å². The van der Waals surface area contributed by atoms with Crippen LogP contribution in [-0.4, -0.2) is 50.9 Å². The zero-order valence-corrected chi connectivity index (χ0v) is 24.2. The lowest BCUT2D eigenvalue weighted by Crippen LogP contribution is -2.51. The fraction of sp³-hybridized carbons (Fsp3) is 0.310. The minimum Gasteiger partial charge on any atom is -0.492 e. The summed E-state index contributed by atoms with van der Waals surface area (Å²) in [4.78, 5) is 28.0. The van der Waals surface area contributed by atoms with Crippen molar-refractivity contribution in [2.75, 3.05) is 24.0 Å². The molecule has 0 unspecified atom stereocenters. The first-order valence-corrected chi connectivity index (χ1v) is 14.7. The van der Waals surface area contributed by atoms with Crippen LogP contribution >= 0.6 is 11.6 Å². The first kappa shape index (κ1) is 30.9. The summed E-state index contributed by atoms with van der Waals surface area (Å²) < 4.78 is 48.1. The van der Waals surface area contributed by atoms with E-state index in [1.807, 2.05) is 6.92 Å². The summed E-state index contributed by atoms with van der Waals surface area (Å²) >= 11 is 5.99. The largest absolute Gasteiger partial charge is 0.492 e. The Kier molecular flexibility index (Phi) is 10.9. The smallest absolute Gasteiger partial charge is 0.264 e. The number of benzene rings is 3. The average Bonchev–Trinajstić information content (AvgIpc) is 2.94. The number of sulfonamides is 1. The highest BCUT2D eigenvalue weighted by Gasteiger charge is 2.33. The van der Waals surface area contributed by atoms with E-state index >= 15 is 0 Å². The van der Waals surface area contributed by atoms with Crippen LogP contribution in [0.1, 0.15) is 32.8 Å². The molecule has 3 rings (SSSR count). The number of anilines is 1. The van der Waals surface area contributed by atoms with Gasteiger partial charge < -0.3 is 15.0 Å². The Labute approximate surface area is 239 Å². The molecule has 0 saturated carbocycles. The predicted octanol–water partition coefficient (Wildman–Crippen LogP) is 5.02. The molecule has 0 aliphatic rings. The lowest BCUT2D eigenvalue weighted by atomic mass is 10.1. The molecule has 2 amide bonds. The molecule has 0 heterocycles. The molecule has 0 aromatic heterocycles. The van der Waals surface area contributed by atoms with Crippen molar-refractivity contribution in [3.05, 3.63) is 89.2 Å². The Bertz CT molecular complexity index is 1400. The molecule has 1 atom stereocenters. The molecule has 0 aliphatic heterocycles. The summed E-state index contributed by atoms with van der Waals surface area (Å²) in [6.07, 6.45) is 0.700. The van der Waals surface area contributed by atoms with E-state index in [1.54, 1.807) is 38.1 Å². The van der Waals surface area contributed by atoms with Gasteiger partial charge in [0.25, 0.3) is 10.0 Å². The summed E-state index contributed by atoms with van der Waals surface area (Å²) in [7, 11) is -4.28. The van der Waals surface area contributed by atoms with Gasteiger partial charge in [-0.3, -0.25) is 13.9 Å². The van der Waals surface area contributed by atoms with Crippen molar-refractivity contribution >= 4 is 39.1 Å². The standard InChI is InChI=1S/C29H33ClFN3O5S/c1-4-18-32-29(36)21(3)33(19-22-10-14-24(31)15-11-22)28(35)20-34(26-8-6-7-9-27(26)39-5-2)40(37,38)25-16-12-23(30)13-17-25/h6-17,21H,4-5,18-20H2,1-3H3,(H,32,36)/t21-/m1/s1. The molecular weight excluding hydrogens is 557 g/mol. The molecular formula is C29H33ClFN3O5S. The minimum absolute atomic E-state index is 0.0399. The maximum Gasteiger partial charge on any atom is 0.264 e. The number of ether oxygens (including phenoxy) is 1. The van der Waals surface area contributed by atoms with Gasteiger partial charge in [-0.15, -0.1) is 0 Å². The van der Waals surface area contributed by atoms with Gasteiger partial charge in [0.15, 0.2) is 0 Å². The van der Waals surface area contributed by atoms with E-state index in [0.717, 1.165) is 4.31 Å². The van der Waals surface area contributed by atoms with Crippen molar-refractivity contribution in [1.29, 1.82) is 0 Å². The third-order valence-corrected chi connectivity index (χ3v) is 8.12. The first-order chi connectivity index (χ1) is 19.1. The van der Waals surface area contributed by atoms with Crippen LogP contribution in [0.25, 0.3) is 0 Å². The second kappa shape index (κ2) is 14.1. The Morgan fingerprint density at radius 3 is 2.27 bits per heavy atom. The minimum atomic E-state index is -4.28. The van der Waals surface area contributed by atoms with Gasteiger partial charge in [-0.05, 0) is 74.4 Å². The monoisotopic (exact) mass is 589 g/mol. The summed E-state index contributed by atoms with van der Waals surface area (Å²) in [5.41, 5.74) is 0.740. The van der Waals surface area contributed by atoms with Gasteiger partial charge in [-0.1, -0.05) is 42.8 Å². The van der Waals surface area contributed by atoms with Crippen molar-refractivity contribution in [3.8, 4) is 5.75 Å². The van der Waals surface area contributed by atoms with Crippen LogP contribution in [0, 0.1) is 5.82 Å². The molecule has 3 aromatic carbocycles. The average molecular weight is 590 g/mol. The van der Waals surface area contributed by atoms with Crippen molar-refractivity contribution in [2.45, 2.75) is 44.7 Å². The molecule has 214 valence electrons. The highest BCUT2D eigenvalue weighted by Crippen LogP contribution is 2.33. The van der Waals surface area contributed by atoms with Crippen molar-refractivity contribution in [3.63, 3.8) is 0 Å². The Hall–Kier alpha value is -3.63. The normalized spacial score (nSPS) is 11.9. The second-order valence-electron chi connectivity index (χ2n) is 8.98. The highest BCUT2D eigenvalue weighted by atomic mass is 35.5. The van der Waals surface area contributed by atoms with Gasteiger partial charge >= 0.3 is 0 Å². The fourth-order valence-corrected chi connectivity index (χ4v) is 5.50. The number of rotatable bonds is 13. The zero-order chi connectivity index (χ0) is 29.3. The SMILES string of the molecule is CCCNC(=O)[C@@H](C)N(Cc1ccc(F)cc1)C(=O)CN(c1ccccc1OCC)S(=O)(=O)c1ccc(Cl)cc1. The van der Waals surface area contributed by atoms with Gasteiger partial charge in [0, 0.05) is 18.1 Å². The van der Waals surface area contributed by atoms with Crippen LogP contribution in [0.3, 0.4) is 0 Å². The molecule has 0 bridgehead atoms. The molecule has 0 fully saturated rings. The Morgan fingerprint density at radius 2 is 1.65 bits per heavy atom. The van der Waals surface area contributed by atoms with Crippen LogP contribution in [0.5, 0.6) is 5.75 Å². The van der Waals surface area contributed by atoms with Gasteiger partial charge in [-0.25, -0.2) is 12.8 Å². The molecule has 0 radical (unpaired) electrons. The molecule has 3 aromatic rings. The first-order valence-electron chi connectivity index (χ1n) is 12.9. The topological polar surface area (TPSA) is 96.0 Å². The Morgan fingerprint density at radius 1 is 1.00 bits per heavy atom. The number of nitrogens with zero attached hydrogens (tertiary/aromatic N) is 2. The number of amides is 2. The van der Waals surface area contributed by atoms with Crippen molar-refractivity contribution in [2.24, 2.45) is 0 Å². The van der Waals surface area contributed by atoms with Gasteiger partial charge in [0.1, 0.15) is 24.2 Å². The highest BCUT2D eigenvalue weighted by molar-refractivity contribution is 7.92. The number of halogens is 2. The van der Waals surface area contributed by atoms with Crippen LogP contribution in [0.15, 0.2) is 77.7 Å². The third kappa shape index (κ3) is 7.73. The zero-order valence-electron chi connectivity index (χ0n) is 22.6. The van der Waals surface area contributed by atoms with Crippen LogP contribution in [0.2, 0.25) is 5.02 Å². The quantitative estimate of drug-likeness (QED) is 0.302. The summed E-state index contributed by atoms with van der Waals surface area (Å²) in [5, 5.41) is 3.13. The summed E-state index contributed by atoms with van der Waals surface area (Å²) in [6.45, 7) is 5.26. The van der Waals surface area contributed by atoms with E-state index in [0.29, 0.717) is 23.6 Å². The fourth-order valence-electron chi connectivity index (χ4n) is 3.95. The summed E-state index contributed by atoms with van der Waals surface area (Å²) in [6, 6.07) is 16.7. The van der Waals surface area contributed by atoms with Crippen LogP contribution < -0.4 is 14.4 Å². The van der Waals surface area contributed by atoms with E-state index in [1.165, 1.54) is 53.4 Å². The van der Waals surface area contributed by atoms with Crippen LogP contribution in [-0.2, 0) is 26.2 Å². The molecule has 11 heteroatoms. The molecule has 40 heavy (non-hydrogen) atoms. The molecule has 0 spiro atoms.